The highest BCUT2D eigenvalue weighted by Gasteiger charge is 2.18. The van der Waals surface area contributed by atoms with Crippen molar-refractivity contribution in [1.29, 1.82) is 0 Å². The number of rotatable bonds is 1. The van der Waals surface area contributed by atoms with E-state index in [9.17, 15) is 5.11 Å². The lowest BCUT2D eigenvalue weighted by molar-refractivity contribution is 0.377. The van der Waals surface area contributed by atoms with Crippen LogP contribution in [0.1, 0.15) is 34.6 Å². The summed E-state index contributed by atoms with van der Waals surface area (Å²) in [7, 11) is 0. The van der Waals surface area contributed by atoms with Crippen molar-refractivity contribution >= 4 is 0 Å². The first-order valence-electron chi connectivity index (χ1n) is 3.96. The Kier molecular flexibility index (Phi) is 3.37. The SMILES string of the molecule is C/C=C(\C(O)=C/C)C(C)(C)C. The highest BCUT2D eigenvalue weighted by molar-refractivity contribution is 5.28. The second-order valence-electron chi connectivity index (χ2n) is 3.63. The molecule has 0 bridgehead atoms. The molecule has 0 aliphatic heterocycles. The molecule has 0 aromatic heterocycles. The molecular formula is C10H18O. The van der Waals surface area contributed by atoms with Crippen LogP contribution in [0.15, 0.2) is 23.5 Å². The number of hydrogen-bond donors (Lipinski definition) is 1. The van der Waals surface area contributed by atoms with Crippen molar-refractivity contribution in [1.82, 2.24) is 0 Å². The fourth-order valence-corrected chi connectivity index (χ4v) is 1.12. The highest BCUT2D eigenvalue weighted by atomic mass is 16.3. The van der Waals surface area contributed by atoms with E-state index in [2.05, 4.69) is 20.8 Å². The van der Waals surface area contributed by atoms with Gasteiger partial charge in [0.2, 0.25) is 0 Å². The summed E-state index contributed by atoms with van der Waals surface area (Å²) in [5.41, 5.74) is 1.03. The Morgan fingerprint density at radius 3 is 1.64 bits per heavy atom. The molecule has 0 atom stereocenters. The highest BCUT2D eigenvalue weighted by Crippen LogP contribution is 2.29. The van der Waals surface area contributed by atoms with Gasteiger partial charge in [0.05, 0.1) is 0 Å². The lowest BCUT2D eigenvalue weighted by atomic mass is 9.85. The third-order valence-electron chi connectivity index (χ3n) is 1.65. The summed E-state index contributed by atoms with van der Waals surface area (Å²) < 4.78 is 0. The summed E-state index contributed by atoms with van der Waals surface area (Å²) in [6, 6.07) is 0. The Bertz CT molecular complexity index is 180. The van der Waals surface area contributed by atoms with Crippen LogP contribution < -0.4 is 0 Å². The van der Waals surface area contributed by atoms with Gasteiger partial charge in [-0.15, -0.1) is 0 Å². The van der Waals surface area contributed by atoms with E-state index in [0.29, 0.717) is 5.76 Å². The van der Waals surface area contributed by atoms with Crippen LogP contribution in [-0.2, 0) is 0 Å². The van der Waals surface area contributed by atoms with Crippen molar-refractivity contribution in [3.8, 4) is 0 Å². The second kappa shape index (κ2) is 3.61. The van der Waals surface area contributed by atoms with E-state index in [1.54, 1.807) is 6.08 Å². The van der Waals surface area contributed by atoms with Gasteiger partial charge in [-0.3, -0.25) is 0 Å². The molecule has 0 heterocycles. The fourth-order valence-electron chi connectivity index (χ4n) is 1.12. The minimum atomic E-state index is 0.0331. The smallest absolute Gasteiger partial charge is 0.114 e. The van der Waals surface area contributed by atoms with Crippen molar-refractivity contribution in [3.05, 3.63) is 23.5 Å². The molecule has 0 saturated heterocycles. The Morgan fingerprint density at radius 1 is 1.09 bits per heavy atom. The molecule has 0 rings (SSSR count). The molecule has 1 heteroatoms. The van der Waals surface area contributed by atoms with Crippen LogP contribution in [0.5, 0.6) is 0 Å². The van der Waals surface area contributed by atoms with E-state index in [0.717, 1.165) is 5.57 Å². The lowest BCUT2D eigenvalue weighted by Gasteiger charge is -2.21. The van der Waals surface area contributed by atoms with Gasteiger partial charge in [-0.1, -0.05) is 26.8 Å². The maximum Gasteiger partial charge on any atom is 0.114 e. The molecule has 0 spiro atoms. The molecule has 64 valence electrons. The van der Waals surface area contributed by atoms with E-state index in [4.69, 9.17) is 0 Å². The molecule has 11 heavy (non-hydrogen) atoms. The summed E-state index contributed by atoms with van der Waals surface area (Å²) in [5.74, 6) is 0.389. The first-order chi connectivity index (χ1) is 4.93. The van der Waals surface area contributed by atoms with Gasteiger partial charge in [0.25, 0.3) is 0 Å². The molecular weight excluding hydrogens is 136 g/mol. The van der Waals surface area contributed by atoms with Gasteiger partial charge in [-0.25, -0.2) is 0 Å². The molecule has 1 nitrogen and oxygen atoms in total. The summed E-state index contributed by atoms with van der Waals surface area (Å²) in [5, 5.41) is 9.45. The molecule has 0 fully saturated rings. The maximum absolute atomic E-state index is 9.45. The first kappa shape index (κ1) is 10.3. The standard InChI is InChI=1S/C10H18O/c1-6-8(9(11)7-2)10(3,4)5/h6-7,11H,1-5H3/b8-6+,9-7+. The van der Waals surface area contributed by atoms with Crippen LogP contribution >= 0.6 is 0 Å². The Hall–Kier alpha value is -0.720. The average Bonchev–Trinajstić information content (AvgIpc) is 1.86. The topological polar surface area (TPSA) is 20.2 Å². The zero-order chi connectivity index (χ0) is 9.07. The number of allylic oxidation sites excluding steroid dienone is 3. The van der Waals surface area contributed by atoms with E-state index in [-0.39, 0.29) is 5.41 Å². The summed E-state index contributed by atoms with van der Waals surface area (Å²) in [6.07, 6.45) is 3.68. The molecule has 0 saturated carbocycles. The average molecular weight is 154 g/mol. The Labute approximate surface area is 69.4 Å². The van der Waals surface area contributed by atoms with Crippen molar-refractivity contribution in [2.24, 2.45) is 5.41 Å². The number of aliphatic hydroxyl groups excluding tert-OH is 1. The molecule has 0 unspecified atom stereocenters. The van der Waals surface area contributed by atoms with Crippen molar-refractivity contribution in [3.63, 3.8) is 0 Å². The van der Waals surface area contributed by atoms with Crippen LogP contribution in [0.4, 0.5) is 0 Å². The predicted molar refractivity (Wildman–Crippen MR) is 49.6 cm³/mol. The zero-order valence-corrected chi connectivity index (χ0v) is 8.10. The third kappa shape index (κ3) is 2.79. The fraction of sp³-hybridized carbons (Fsp3) is 0.600. The van der Waals surface area contributed by atoms with Gasteiger partial charge in [0, 0.05) is 0 Å². The van der Waals surface area contributed by atoms with Crippen LogP contribution in [0.2, 0.25) is 0 Å². The van der Waals surface area contributed by atoms with Gasteiger partial charge < -0.3 is 5.11 Å². The maximum atomic E-state index is 9.45. The van der Waals surface area contributed by atoms with Crippen LogP contribution in [0.3, 0.4) is 0 Å². The largest absolute Gasteiger partial charge is 0.508 e. The Balaban J connectivity index is 4.73. The molecule has 0 radical (unpaired) electrons. The van der Waals surface area contributed by atoms with Gasteiger partial charge in [0.15, 0.2) is 0 Å². The van der Waals surface area contributed by atoms with Gasteiger partial charge >= 0.3 is 0 Å². The van der Waals surface area contributed by atoms with Gasteiger partial charge in [0.1, 0.15) is 5.76 Å². The predicted octanol–water partition coefficient (Wildman–Crippen LogP) is 3.44. The molecule has 1 N–H and O–H groups in total. The van der Waals surface area contributed by atoms with Crippen molar-refractivity contribution < 1.29 is 5.11 Å². The molecule has 0 aliphatic carbocycles. The minimum absolute atomic E-state index is 0.0331. The molecule has 0 aromatic rings. The molecule has 0 aliphatic rings. The van der Waals surface area contributed by atoms with Gasteiger partial charge in [-0.2, -0.15) is 0 Å². The number of hydrogen-bond acceptors (Lipinski definition) is 1. The quantitative estimate of drug-likeness (QED) is 0.453. The minimum Gasteiger partial charge on any atom is -0.508 e. The van der Waals surface area contributed by atoms with Crippen LogP contribution in [0.25, 0.3) is 0 Å². The second-order valence-corrected chi connectivity index (χ2v) is 3.63. The van der Waals surface area contributed by atoms with E-state index in [1.807, 2.05) is 19.9 Å². The summed E-state index contributed by atoms with van der Waals surface area (Å²) in [6.45, 7) is 10.0. The molecule has 0 amide bonds. The number of aliphatic hydroxyl groups is 1. The monoisotopic (exact) mass is 154 g/mol. The lowest BCUT2D eigenvalue weighted by Crippen LogP contribution is -2.11. The third-order valence-corrected chi connectivity index (χ3v) is 1.65. The van der Waals surface area contributed by atoms with Crippen LogP contribution in [-0.4, -0.2) is 5.11 Å². The summed E-state index contributed by atoms with van der Waals surface area (Å²) in [4.78, 5) is 0. The zero-order valence-electron chi connectivity index (χ0n) is 8.10. The molecule has 0 aromatic carbocycles. The normalized spacial score (nSPS) is 15.4. The van der Waals surface area contributed by atoms with E-state index in [1.165, 1.54) is 0 Å². The van der Waals surface area contributed by atoms with Gasteiger partial charge in [-0.05, 0) is 30.9 Å². The summed E-state index contributed by atoms with van der Waals surface area (Å²) >= 11 is 0. The van der Waals surface area contributed by atoms with Crippen LogP contribution in [0, 0.1) is 5.41 Å². The van der Waals surface area contributed by atoms with E-state index >= 15 is 0 Å². The van der Waals surface area contributed by atoms with Crippen molar-refractivity contribution in [2.75, 3.05) is 0 Å². The van der Waals surface area contributed by atoms with Crippen molar-refractivity contribution in [2.45, 2.75) is 34.6 Å². The Morgan fingerprint density at radius 2 is 1.55 bits per heavy atom. The first-order valence-corrected chi connectivity index (χ1v) is 3.96. The van der Waals surface area contributed by atoms with E-state index < -0.39 is 0 Å².